The summed E-state index contributed by atoms with van der Waals surface area (Å²) in [7, 11) is 0. The summed E-state index contributed by atoms with van der Waals surface area (Å²) in [6.45, 7) is 13.0. The van der Waals surface area contributed by atoms with Gasteiger partial charge < -0.3 is 6.53 Å². The first kappa shape index (κ1) is 16.7. The Bertz CT molecular complexity index is 329. The molecular formula is C14H23KO. The molecule has 0 aliphatic carbocycles. The molecule has 86 valence electrons. The normalized spacial score (nSPS) is 12.1. The van der Waals surface area contributed by atoms with Crippen molar-refractivity contribution in [2.24, 2.45) is 0 Å². The van der Waals surface area contributed by atoms with Crippen molar-refractivity contribution in [3.63, 3.8) is 0 Å². The molecule has 0 aromatic heterocycles. The molecule has 1 aromatic carbocycles. The molecule has 1 aromatic rings. The van der Waals surface area contributed by atoms with Crippen LogP contribution in [0.3, 0.4) is 0 Å². The van der Waals surface area contributed by atoms with Gasteiger partial charge in [-0.05, 0) is 34.1 Å². The number of phenols is 1. The van der Waals surface area contributed by atoms with E-state index in [0.29, 0.717) is 5.75 Å². The van der Waals surface area contributed by atoms with Crippen LogP contribution >= 0.6 is 0 Å². The second-order valence-corrected chi connectivity index (χ2v) is 6.27. The van der Waals surface area contributed by atoms with Gasteiger partial charge in [-0.15, -0.1) is 0 Å². The fourth-order valence-electron chi connectivity index (χ4n) is 1.48. The van der Waals surface area contributed by atoms with Crippen molar-refractivity contribution in [1.82, 2.24) is 0 Å². The Kier molecular flexibility index (Phi) is 5.76. The van der Waals surface area contributed by atoms with Crippen LogP contribution in [0.5, 0.6) is 5.75 Å². The molecule has 1 N–H and O–H groups in total. The van der Waals surface area contributed by atoms with E-state index in [9.17, 15) is 5.11 Å². The topological polar surface area (TPSA) is 20.2 Å². The van der Waals surface area contributed by atoms with E-state index < -0.39 is 0 Å². The number of rotatable bonds is 0. The van der Waals surface area contributed by atoms with Crippen LogP contribution in [0.4, 0.5) is 0 Å². The van der Waals surface area contributed by atoms with E-state index in [-0.39, 0.29) is 63.6 Å². The van der Waals surface area contributed by atoms with Crippen molar-refractivity contribution < 1.29 is 57.9 Å². The van der Waals surface area contributed by atoms with Crippen LogP contribution in [0.25, 0.3) is 0 Å². The largest absolute Gasteiger partial charge is 1.00 e. The molecule has 0 aliphatic rings. The summed E-state index contributed by atoms with van der Waals surface area (Å²) in [5.74, 6) is 0.368. The van der Waals surface area contributed by atoms with Gasteiger partial charge in [0.05, 0.1) is 0 Å². The van der Waals surface area contributed by atoms with Crippen molar-refractivity contribution in [2.75, 3.05) is 0 Å². The fourth-order valence-corrected chi connectivity index (χ4v) is 1.48. The molecule has 0 amide bonds. The van der Waals surface area contributed by atoms with E-state index in [2.05, 4.69) is 47.6 Å². The summed E-state index contributed by atoms with van der Waals surface area (Å²) in [6, 6.07) is 5.91. The predicted molar refractivity (Wildman–Crippen MR) is 66.6 cm³/mol. The van der Waals surface area contributed by atoms with Crippen LogP contribution in [-0.4, -0.2) is 5.11 Å². The van der Waals surface area contributed by atoms with Crippen LogP contribution in [0.15, 0.2) is 18.2 Å². The van der Waals surface area contributed by atoms with E-state index in [1.807, 2.05) is 12.1 Å². The minimum absolute atomic E-state index is 0. The summed E-state index contributed by atoms with van der Waals surface area (Å²) in [5.41, 5.74) is 2.54. The second kappa shape index (κ2) is 5.53. The van der Waals surface area contributed by atoms with Crippen molar-refractivity contribution in [2.45, 2.75) is 52.4 Å². The minimum atomic E-state index is 0. The first-order chi connectivity index (χ1) is 6.60. The van der Waals surface area contributed by atoms with Gasteiger partial charge in [0.15, 0.2) is 0 Å². The number of hydrogen-bond acceptors (Lipinski definition) is 1. The zero-order chi connectivity index (χ0) is 11.9. The average Bonchev–Trinajstić information content (AvgIpc) is 1.99. The maximum Gasteiger partial charge on any atom is 1.00 e. The zero-order valence-electron chi connectivity index (χ0n) is 12.7. The van der Waals surface area contributed by atoms with Crippen LogP contribution in [0.2, 0.25) is 0 Å². The van der Waals surface area contributed by atoms with E-state index in [4.69, 9.17) is 0 Å². The number of benzene rings is 1. The van der Waals surface area contributed by atoms with E-state index in [0.717, 1.165) is 0 Å². The molecule has 0 atom stereocenters. The molecule has 0 saturated carbocycles. The van der Waals surface area contributed by atoms with Crippen molar-refractivity contribution in [3.8, 4) is 5.75 Å². The summed E-state index contributed by atoms with van der Waals surface area (Å²) < 4.78 is 0. The molecule has 0 radical (unpaired) electrons. The second-order valence-electron chi connectivity index (χ2n) is 6.27. The number of phenolic OH excluding ortho intramolecular Hbond substituents is 1. The third-order valence-corrected chi connectivity index (χ3v) is 2.65. The molecular weight excluding hydrogens is 223 g/mol. The third-order valence-electron chi connectivity index (χ3n) is 2.65. The standard InChI is InChI=1S/C14H22O.K.H/c1-13(2,3)10-7-11(14(4,5)6)9-12(15)8-10;;/h7-9,15H,1-6H3;;/q;+1;-1. The Labute approximate surface area is 144 Å². The summed E-state index contributed by atoms with van der Waals surface area (Å²) >= 11 is 0. The molecule has 0 unspecified atom stereocenters. The molecule has 0 saturated heterocycles. The van der Waals surface area contributed by atoms with Gasteiger partial charge in [-0.25, -0.2) is 0 Å². The van der Waals surface area contributed by atoms with Crippen LogP contribution in [0.1, 0.15) is 54.1 Å². The fraction of sp³-hybridized carbons (Fsp3) is 0.571. The summed E-state index contributed by atoms with van der Waals surface area (Å²) in [4.78, 5) is 0. The monoisotopic (exact) mass is 246 g/mol. The summed E-state index contributed by atoms with van der Waals surface area (Å²) in [5, 5.41) is 9.72. The van der Waals surface area contributed by atoms with Gasteiger partial charge in [-0.3, -0.25) is 0 Å². The SMILES string of the molecule is CC(C)(C)c1cc(O)cc(C(C)(C)C)c1.[H-].[K+]. The van der Waals surface area contributed by atoms with Gasteiger partial charge in [-0.2, -0.15) is 0 Å². The van der Waals surface area contributed by atoms with Gasteiger partial charge >= 0.3 is 51.4 Å². The Hall–Kier alpha value is 0.656. The van der Waals surface area contributed by atoms with Crippen molar-refractivity contribution >= 4 is 0 Å². The molecule has 0 heterocycles. The van der Waals surface area contributed by atoms with Crippen LogP contribution in [-0.2, 0) is 10.8 Å². The van der Waals surface area contributed by atoms with E-state index in [1.165, 1.54) is 11.1 Å². The van der Waals surface area contributed by atoms with Crippen molar-refractivity contribution in [3.05, 3.63) is 29.3 Å². The maximum atomic E-state index is 9.72. The van der Waals surface area contributed by atoms with Crippen LogP contribution < -0.4 is 51.4 Å². The van der Waals surface area contributed by atoms with Gasteiger partial charge in [0.2, 0.25) is 0 Å². The smallest absolute Gasteiger partial charge is 1.00 e. The molecule has 0 fully saturated rings. The molecule has 1 rings (SSSR count). The van der Waals surface area contributed by atoms with Gasteiger partial charge in [0.25, 0.3) is 0 Å². The van der Waals surface area contributed by atoms with Gasteiger partial charge in [0, 0.05) is 0 Å². The van der Waals surface area contributed by atoms with E-state index >= 15 is 0 Å². The molecule has 0 bridgehead atoms. The Balaban J connectivity index is 0. The van der Waals surface area contributed by atoms with Crippen LogP contribution in [0, 0.1) is 0 Å². The molecule has 1 nitrogen and oxygen atoms in total. The van der Waals surface area contributed by atoms with E-state index in [1.54, 1.807) is 0 Å². The quantitative estimate of drug-likeness (QED) is 0.680. The third kappa shape index (κ3) is 4.50. The Morgan fingerprint density at radius 3 is 1.38 bits per heavy atom. The maximum absolute atomic E-state index is 9.72. The molecule has 16 heavy (non-hydrogen) atoms. The van der Waals surface area contributed by atoms with Gasteiger partial charge in [0.1, 0.15) is 5.75 Å². The zero-order valence-corrected chi connectivity index (χ0v) is 14.8. The molecule has 2 heteroatoms. The Morgan fingerprint density at radius 1 is 0.812 bits per heavy atom. The first-order valence-corrected chi connectivity index (χ1v) is 5.46. The molecule has 0 aliphatic heterocycles. The first-order valence-electron chi connectivity index (χ1n) is 5.46. The number of aromatic hydroxyl groups is 1. The Morgan fingerprint density at radius 2 is 1.12 bits per heavy atom. The summed E-state index contributed by atoms with van der Waals surface area (Å²) in [6.07, 6.45) is 0. The minimum Gasteiger partial charge on any atom is -1.00 e. The van der Waals surface area contributed by atoms with Gasteiger partial charge in [-0.1, -0.05) is 47.6 Å². The van der Waals surface area contributed by atoms with Crippen molar-refractivity contribution in [1.29, 1.82) is 0 Å². The average molecular weight is 246 g/mol. The number of hydrogen-bond donors (Lipinski definition) is 1. The molecule has 0 spiro atoms. The predicted octanol–water partition coefficient (Wildman–Crippen LogP) is 1.10.